The summed E-state index contributed by atoms with van der Waals surface area (Å²) >= 11 is 3.23. The molecule has 0 saturated heterocycles. The van der Waals surface area contributed by atoms with Gasteiger partial charge in [0.15, 0.2) is 0 Å². The molecular weight excluding hydrogens is 273 g/mol. The van der Waals surface area contributed by atoms with Crippen molar-refractivity contribution in [2.24, 2.45) is 0 Å². The normalized spacial score (nSPS) is 12.9. The van der Waals surface area contributed by atoms with Crippen molar-refractivity contribution in [3.63, 3.8) is 0 Å². The number of hydrogen-bond acceptors (Lipinski definition) is 2. The molecule has 0 fully saturated rings. The van der Waals surface area contributed by atoms with Crippen LogP contribution in [0.25, 0.3) is 0 Å². The molecule has 1 aromatic rings. The first-order valence-corrected chi connectivity index (χ1v) is 6.13. The lowest BCUT2D eigenvalue weighted by Gasteiger charge is -2.17. The predicted octanol–water partition coefficient (Wildman–Crippen LogP) is 3.35. The van der Waals surface area contributed by atoms with Crippen molar-refractivity contribution in [3.05, 3.63) is 28.5 Å². The number of ether oxygens (including phenoxy) is 1. The number of benzene rings is 1. The number of hydrogen-bond donors (Lipinski definition) is 1. The Morgan fingerprint density at radius 1 is 1.31 bits per heavy atom. The molecule has 0 aliphatic heterocycles. The molecule has 2 nitrogen and oxygen atoms in total. The summed E-state index contributed by atoms with van der Waals surface area (Å²) < 4.78 is 19.3. The van der Waals surface area contributed by atoms with Gasteiger partial charge in [0.25, 0.3) is 0 Å². The van der Waals surface area contributed by atoms with E-state index in [0.29, 0.717) is 16.3 Å². The Hall–Kier alpha value is -0.610. The van der Waals surface area contributed by atoms with Gasteiger partial charge in [-0.1, -0.05) is 29.8 Å². The second kappa shape index (κ2) is 6.21. The van der Waals surface area contributed by atoms with E-state index in [0.717, 1.165) is 6.54 Å². The van der Waals surface area contributed by atoms with Crippen molar-refractivity contribution in [3.8, 4) is 5.75 Å². The Bertz CT molecular complexity index is 324. The third-order valence-electron chi connectivity index (χ3n) is 1.99. The van der Waals surface area contributed by atoms with Crippen LogP contribution in [0, 0.1) is 5.82 Å². The van der Waals surface area contributed by atoms with Gasteiger partial charge in [-0.15, -0.1) is 0 Å². The minimum atomic E-state index is -0.298. The Morgan fingerprint density at radius 2 is 2.00 bits per heavy atom. The van der Waals surface area contributed by atoms with Crippen LogP contribution >= 0.6 is 15.9 Å². The topological polar surface area (TPSA) is 21.3 Å². The maximum absolute atomic E-state index is 13.1. The quantitative estimate of drug-likeness (QED) is 0.898. The maximum Gasteiger partial charge on any atom is 0.128 e. The molecule has 1 rings (SSSR count). The summed E-state index contributed by atoms with van der Waals surface area (Å²) in [5, 5.41) is 3.26. The van der Waals surface area contributed by atoms with Crippen molar-refractivity contribution in [2.45, 2.75) is 32.9 Å². The molecule has 0 aliphatic rings. The fourth-order valence-corrected chi connectivity index (χ4v) is 1.72. The molecule has 0 heterocycles. The fourth-order valence-electron chi connectivity index (χ4n) is 1.27. The first-order chi connectivity index (χ1) is 7.47. The van der Waals surface area contributed by atoms with E-state index in [4.69, 9.17) is 4.74 Å². The highest BCUT2D eigenvalue weighted by molar-refractivity contribution is 9.10. The molecule has 1 N–H and O–H groups in total. The van der Waals surface area contributed by atoms with Crippen LogP contribution in [0.4, 0.5) is 4.39 Å². The molecule has 1 aromatic carbocycles. The van der Waals surface area contributed by atoms with Gasteiger partial charge in [-0.2, -0.15) is 0 Å². The van der Waals surface area contributed by atoms with E-state index in [2.05, 4.69) is 35.1 Å². The molecule has 1 atom stereocenters. The highest BCUT2D eigenvalue weighted by Crippen LogP contribution is 2.21. The first-order valence-electron chi connectivity index (χ1n) is 5.33. The molecule has 0 aromatic heterocycles. The molecule has 0 aliphatic carbocycles. The summed E-state index contributed by atoms with van der Waals surface area (Å²) in [7, 11) is 0. The monoisotopic (exact) mass is 289 g/mol. The lowest BCUT2D eigenvalue weighted by molar-refractivity contribution is 0.212. The van der Waals surface area contributed by atoms with Crippen molar-refractivity contribution in [1.82, 2.24) is 5.32 Å². The Labute approximate surface area is 104 Å². The van der Waals surface area contributed by atoms with Crippen molar-refractivity contribution < 1.29 is 9.13 Å². The minimum absolute atomic E-state index is 0.0103. The van der Waals surface area contributed by atoms with Crippen LogP contribution in [0.3, 0.4) is 0 Å². The molecule has 0 radical (unpaired) electrons. The highest BCUT2D eigenvalue weighted by atomic mass is 79.9. The summed E-state index contributed by atoms with van der Waals surface area (Å²) in [4.78, 5) is 0. The molecule has 16 heavy (non-hydrogen) atoms. The third-order valence-corrected chi connectivity index (χ3v) is 2.44. The molecule has 4 heteroatoms. The van der Waals surface area contributed by atoms with Crippen LogP contribution in [-0.4, -0.2) is 18.7 Å². The van der Waals surface area contributed by atoms with Gasteiger partial charge in [-0.25, -0.2) is 4.39 Å². The van der Waals surface area contributed by atoms with E-state index in [1.54, 1.807) is 6.07 Å². The number of rotatable bonds is 5. The van der Waals surface area contributed by atoms with Gasteiger partial charge < -0.3 is 10.1 Å². The van der Waals surface area contributed by atoms with Crippen LogP contribution in [-0.2, 0) is 0 Å². The Balaban J connectivity index is 2.52. The standard InChI is InChI=1S/C12H17BrFNO/c1-8(2)15-7-9(3)16-12-5-10(13)4-11(14)6-12/h4-6,8-9,15H,7H2,1-3H3. The summed E-state index contributed by atoms with van der Waals surface area (Å²) in [6.45, 7) is 6.84. The van der Waals surface area contributed by atoms with Gasteiger partial charge in [0.1, 0.15) is 17.7 Å². The van der Waals surface area contributed by atoms with E-state index in [-0.39, 0.29) is 11.9 Å². The van der Waals surface area contributed by atoms with E-state index >= 15 is 0 Å². The van der Waals surface area contributed by atoms with Crippen LogP contribution in [0.5, 0.6) is 5.75 Å². The van der Waals surface area contributed by atoms with Crippen LogP contribution < -0.4 is 10.1 Å². The van der Waals surface area contributed by atoms with Crippen LogP contribution in [0.2, 0.25) is 0 Å². The molecule has 90 valence electrons. The van der Waals surface area contributed by atoms with E-state index < -0.39 is 0 Å². The highest BCUT2D eigenvalue weighted by Gasteiger charge is 2.06. The second-order valence-electron chi connectivity index (χ2n) is 4.10. The number of halogens is 2. The number of nitrogens with one attached hydrogen (secondary N) is 1. The molecule has 0 saturated carbocycles. The SMILES string of the molecule is CC(C)NCC(C)Oc1cc(F)cc(Br)c1. The zero-order valence-electron chi connectivity index (χ0n) is 9.76. The zero-order chi connectivity index (χ0) is 12.1. The average molecular weight is 290 g/mol. The van der Waals surface area contributed by atoms with Gasteiger partial charge in [-0.05, 0) is 19.1 Å². The summed E-state index contributed by atoms with van der Waals surface area (Å²) in [6.07, 6.45) is 0.0103. The second-order valence-corrected chi connectivity index (χ2v) is 5.01. The maximum atomic E-state index is 13.1. The van der Waals surface area contributed by atoms with Gasteiger partial charge >= 0.3 is 0 Å². The minimum Gasteiger partial charge on any atom is -0.489 e. The average Bonchev–Trinajstić information content (AvgIpc) is 2.12. The summed E-state index contributed by atoms with van der Waals surface area (Å²) in [5.41, 5.74) is 0. The van der Waals surface area contributed by atoms with Gasteiger partial charge in [0.05, 0.1) is 0 Å². The molecule has 0 amide bonds. The molecule has 0 bridgehead atoms. The van der Waals surface area contributed by atoms with Crippen molar-refractivity contribution >= 4 is 15.9 Å². The third kappa shape index (κ3) is 4.94. The smallest absolute Gasteiger partial charge is 0.128 e. The van der Waals surface area contributed by atoms with E-state index in [9.17, 15) is 4.39 Å². The summed E-state index contributed by atoms with van der Waals surface area (Å²) in [6, 6.07) is 4.97. The van der Waals surface area contributed by atoms with Crippen LogP contribution in [0.1, 0.15) is 20.8 Å². The largest absolute Gasteiger partial charge is 0.489 e. The van der Waals surface area contributed by atoms with Crippen molar-refractivity contribution in [2.75, 3.05) is 6.54 Å². The van der Waals surface area contributed by atoms with Gasteiger partial charge in [0.2, 0.25) is 0 Å². The predicted molar refractivity (Wildman–Crippen MR) is 67.3 cm³/mol. The van der Waals surface area contributed by atoms with E-state index in [1.807, 2.05) is 6.92 Å². The Morgan fingerprint density at radius 3 is 2.56 bits per heavy atom. The van der Waals surface area contributed by atoms with Crippen molar-refractivity contribution in [1.29, 1.82) is 0 Å². The van der Waals surface area contributed by atoms with Gasteiger partial charge in [-0.3, -0.25) is 0 Å². The van der Waals surface area contributed by atoms with Gasteiger partial charge in [0, 0.05) is 23.1 Å². The molecular formula is C12H17BrFNO. The molecule has 0 spiro atoms. The lowest BCUT2D eigenvalue weighted by Crippen LogP contribution is -2.33. The fraction of sp³-hybridized carbons (Fsp3) is 0.500. The molecule has 1 unspecified atom stereocenters. The van der Waals surface area contributed by atoms with E-state index in [1.165, 1.54) is 12.1 Å². The zero-order valence-corrected chi connectivity index (χ0v) is 11.3. The Kier molecular flexibility index (Phi) is 5.22. The first kappa shape index (κ1) is 13.5. The van der Waals surface area contributed by atoms with Crippen LogP contribution in [0.15, 0.2) is 22.7 Å². The summed E-state index contributed by atoms with van der Waals surface area (Å²) in [5.74, 6) is 0.248. The lowest BCUT2D eigenvalue weighted by atomic mass is 10.3.